The van der Waals surface area contributed by atoms with Gasteiger partial charge in [0.2, 0.25) is 20.0 Å². The van der Waals surface area contributed by atoms with Gasteiger partial charge in [0.25, 0.3) is 5.91 Å². The number of primary sulfonamides is 2. The molecule has 0 aliphatic heterocycles. The van der Waals surface area contributed by atoms with Gasteiger partial charge in [0.1, 0.15) is 9.79 Å². The van der Waals surface area contributed by atoms with Gasteiger partial charge in [-0.2, -0.15) is 0 Å². The van der Waals surface area contributed by atoms with Crippen molar-refractivity contribution in [1.29, 1.82) is 0 Å². The number of pyridine rings is 1. The molecule has 0 saturated carbocycles. The highest BCUT2D eigenvalue weighted by molar-refractivity contribution is 7.90. The van der Waals surface area contributed by atoms with Crippen LogP contribution >= 0.6 is 23.2 Å². The first kappa shape index (κ1) is 19.6. The number of rotatable bonds is 4. The van der Waals surface area contributed by atoms with Crippen LogP contribution in [-0.4, -0.2) is 27.7 Å². The second-order valence-electron chi connectivity index (χ2n) is 4.66. The minimum absolute atomic E-state index is 0.137. The van der Waals surface area contributed by atoms with Crippen LogP contribution in [0, 0.1) is 0 Å². The molecule has 5 N–H and O–H groups in total. The van der Waals surface area contributed by atoms with Crippen molar-refractivity contribution in [2.75, 3.05) is 5.32 Å². The number of hydrogen-bond acceptors (Lipinski definition) is 6. The van der Waals surface area contributed by atoms with Gasteiger partial charge in [-0.05, 0) is 18.2 Å². The second kappa shape index (κ2) is 6.86. The fraction of sp³-hybridized carbons (Fsp3) is 0. The third kappa shape index (κ3) is 4.26. The predicted octanol–water partition coefficient (Wildman–Crippen LogP) is 0.936. The summed E-state index contributed by atoms with van der Waals surface area (Å²) in [6, 6.07) is 3.35. The number of hydrogen-bond donors (Lipinski definition) is 3. The molecular weight excluding hydrogens is 415 g/mol. The number of benzene rings is 1. The Bertz CT molecular complexity index is 1060. The molecule has 0 bridgehead atoms. The van der Waals surface area contributed by atoms with Crippen LogP contribution in [-0.2, 0) is 20.0 Å². The van der Waals surface area contributed by atoms with Gasteiger partial charge in [0.05, 0.1) is 15.7 Å². The van der Waals surface area contributed by atoms with Crippen molar-refractivity contribution < 1.29 is 21.6 Å². The lowest BCUT2D eigenvalue weighted by molar-refractivity contribution is 0.102. The summed E-state index contributed by atoms with van der Waals surface area (Å²) in [5.41, 5.74) is -0.332. The minimum Gasteiger partial charge on any atom is -0.319 e. The number of aromatic nitrogens is 1. The number of anilines is 1. The number of nitrogens with one attached hydrogen (secondary N) is 1. The van der Waals surface area contributed by atoms with Gasteiger partial charge in [-0.1, -0.05) is 23.2 Å². The highest BCUT2D eigenvalue weighted by atomic mass is 35.5. The third-order valence-electron chi connectivity index (χ3n) is 2.93. The molecule has 0 radical (unpaired) electrons. The number of carbonyl (C=O) groups excluding carboxylic acids is 1. The Kier molecular flexibility index (Phi) is 5.37. The normalized spacial score (nSPS) is 12.0. The number of sulfonamides is 2. The molecule has 0 fully saturated rings. The van der Waals surface area contributed by atoms with E-state index < -0.39 is 51.5 Å². The summed E-state index contributed by atoms with van der Waals surface area (Å²) in [4.78, 5) is 14.5. The van der Waals surface area contributed by atoms with Gasteiger partial charge >= 0.3 is 0 Å². The molecule has 0 aliphatic carbocycles. The maximum absolute atomic E-state index is 12.2. The fourth-order valence-electron chi connectivity index (χ4n) is 1.82. The van der Waals surface area contributed by atoms with Crippen molar-refractivity contribution in [3.05, 3.63) is 46.2 Å². The Morgan fingerprint density at radius 1 is 0.960 bits per heavy atom. The Hall–Kier alpha value is -1.76. The van der Waals surface area contributed by atoms with Crippen LogP contribution in [0.1, 0.15) is 10.4 Å². The van der Waals surface area contributed by atoms with E-state index in [4.69, 9.17) is 33.5 Å². The van der Waals surface area contributed by atoms with Crippen molar-refractivity contribution >= 4 is 54.8 Å². The average Bonchev–Trinajstić information content (AvgIpc) is 2.50. The molecule has 1 amide bonds. The van der Waals surface area contributed by atoms with E-state index in [1.54, 1.807) is 0 Å². The van der Waals surface area contributed by atoms with Gasteiger partial charge in [0, 0.05) is 18.0 Å². The van der Waals surface area contributed by atoms with Gasteiger partial charge in [-0.25, -0.2) is 27.1 Å². The monoisotopic (exact) mass is 424 g/mol. The van der Waals surface area contributed by atoms with Crippen LogP contribution in [0.25, 0.3) is 0 Å². The zero-order valence-corrected chi connectivity index (χ0v) is 15.2. The lowest BCUT2D eigenvalue weighted by Crippen LogP contribution is -2.21. The molecule has 9 nitrogen and oxygen atoms in total. The van der Waals surface area contributed by atoms with Crippen LogP contribution < -0.4 is 15.6 Å². The molecule has 25 heavy (non-hydrogen) atoms. The first-order valence-corrected chi connectivity index (χ1v) is 10.1. The summed E-state index contributed by atoms with van der Waals surface area (Å²) >= 11 is 11.8. The summed E-state index contributed by atoms with van der Waals surface area (Å²) in [5.74, 6) is -0.742. The Balaban J connectivity index is 2.69. The van der Waals surface area contributed by atoms with E-state index in [1.807, 2.05) is 0 Å². The van der Waals surface area contributed by atoms with Crippen LogP contribution in [0.3, 0.4) is 0 Å². The summed E-state index contributed by atoms with van der Waals surface area (Å²) in [6.07, 6.45) is 2.68. The van der Waals surface area contributed by atoms with Crippen LogP contribution in [0.15, 0.2) is 40.4 Å². The molecule has 0 saturated heterocycles. The number of amides is 1. The first-order valence-electron chi connectivity index (χ1n) is 6.22. The average molecular weight is 425 g/mol. The zero-order valence-electron chi connectivity index (χ0n) is 12.1. The zero-order chi connectivity index (χ0) is 19.0. The standard InChI is InChI=1S/C12H10Cl2N4O5S2/c13-9-7(24(15,20)21)5-8(25(16,22)23)11(10(9)14)18-12(19)6-1-3-17-4-2-6/h1-5H,(H,18,19)(H2,15,20,21)(H2,16,22,23). The fourth-order valence-corrected chi connectivity index (χ4v) is 4.08. The molecule has 1 heterocycles. The quantitative estimate of drug-likeness (QED) is 0.660. The van der Waals surface area contributed by atoms with Crippen LogP contribution in [0.5, 0.6) is 0 Å². The minimum atomic E-state index is -4.47. The number of halogens is 2. The lowest BCUT2D eigenvalue weighted by atomic mass is 10.2. The molecule has 0 spiro atoms. The highest BCUT2D eigenvalue weighted by Crippen LogP contribution is 2.39. The number of nitrogens with two attached hydrogens (primary N) is 2. The summed E-state index contributed by atoms with van der Waals surface area (Å²) in [6.45, 7) is 0. The lowest BCUT2D eigenvalue weighted by Gasteiger charge is -2.15. The predicted molar refractivity (Wildman–Crippen MR) is 91.4 cm³/mol. The molecule has 2 rings (SSSR count). The highest BCUT2D eigenvalue weighted by Gasteiger charge is 2.27. The summed E-state index contributed by atoms with van der Waals surface area (Å²) in [7, 11) is -8.87. The second-order valence-corrected chi connectivity index (χ2v) is 8.47. The topological polar surface area (TPSA) is 162 Å². The van der Waals surface area contributed by atoms with E-state index in [1.165, 1.54) is 24.5 Å². The number of nitrogens with zero attached hydrogens (tertiary/aromatic N) is 1. The molecular formula is C12H10Cl2N4O5S2. The SMILES string of the molecule is NS(=O)(=O)c1cc(S(N)(=O)=O)c(NC(=O)c2ccncc2)c(Cl)c1Cl. The van der Waals surface area contributed by atoms with Crippen molar-refractivity contribution in [3.63, 3.8) is 0 Å². The Labute approximate surface area is 153 Å². The van der Waals surface area contributed by atoms with E-state index in [0.717, 1.165) is 0 Å². The van der Waals surface area contributed by atoms with Crippen LogP contribution in [0.4, 0.5) is 5.69 Å². The maximum atomic E-state index is 12.2. The van der Waals surface area contributed by atoms with Gasteiger partial charge in [-0.15, -0.1) is 0 Å². The van der Waals surface area contributed by atoms with Gasteiger partial charge in [-0.3, -0.25) is 9.78 Å². The van der Waals surface area contributed by atoms with Crippen molar-refractivity contribution in [1.82, 2.24) is 4.98 Å². The molecule has 0 aliphatic rings. The Morgan fingerprint density at radius 2 is 1.48 bits per heavy atom. The molecule has 2 aromatic rings. The van der Waals surface area contributed by atoms with Crippen molar-refractivity contribution in [2.45, 2.75) is 9.79 Å². The Morgan fingerprint density at radius 3 is 1.96 bits per heavy atom. The molecule has 1 aromatic heterocycles. The molecule has 1 aromatic carbocycles. The van der Waals surface area contributed by atoms with Gasteiger partial charge in [0.15, 0.2) is 0 Å². The summed E-state index contributed by atoms with van der Waals surface area (Å²) < 4.78 is 46.7. The third-order valence-corrected chi connectivity index (χ3v) is 5.78. The van der Waals surface area contributed by atoms with E-state index in [-0.39, 0.29) is 5.56 Å². The molecule has 0 atom stereocenters. The van der Waals surface area contributed by atoms with E-state index in [2.05, 4.69) is 10.3 Å². The smallest absolute Gasteiger partial charge is 0.255 e. The van der Waals surface area contributed by atoms with E-state index in [0.29, 0.717) is 6.07 Å². The van der Waals surface area contributed by atoms with E-state index >= 15 is 0 Å². The van der Waals surface area contributed by atoms with Gasteiger partial charge < -0.3 is 5.32 Å². The molecule has 13 heteroatoms. The number of carbonyl (C=O) groups is 1. The molecule has 134 valence electrons. The summed E-state index contributed by atoms with van der Waals surface area (Å²) in [5, 5.41) is 11.2. The maximum Gasteiger partial charge on any atom is 0.255 e. The largest absolute Gasteiger partial charge is 0.319 e. The van der Waals surface area contributed by atoms with Crippen molar-refractivity contribution in [2.24, 2.45) is 10.3 Å². The van der Waals surface area contributed by atoms with Crippen molar-refractivity contribution in [3.8, 4) is 0 Å². The first-order chi connectivity index (χ1) is 11.4. The molecule has 0 unspecified atom stereocenters. The van der Waals surface area contributed by atoms with Crippen LogP contribution in [0.2, 0.25) is 10.0 Å². The van der Waals surface area contributed by atoms with E-state index in [9.17, 15) is 21.6 Å².